The van der Waals surface area contributed by atoms with Crippen LogP contribution in [0.3, 0.4) is 0 Å². The maximum Gasteiger partial charge on any atom is 0.234 e. The zero-order valence-electron chi connectivity index (χ0n) is 12.1. The summed E-state index contributed by atoms with van der Waals surface area (Å²) in [6, 6.07) is 3.45. The third-order valence-electron chi connectivity index (χ3n) is 3.42. The molecule has 1 heterocycles. The monoisotopic (exact) mass is 298 g/mol. The fraction of sp³-hybridized carbons (Fsp3) is 0.533. The summed E-state index contributed by atoms with van der Waals surface area (Å²) in [6.07, 6.45) is 2.11. The van der Waals surface area contributed by atoms with Crippen molar-refractivity contribution in [3.05, 3.63) is 35.4 Å². The van der Waals surface area contributed by atoms with Gasteiger partial charge in [-0.3, -0.25) is 9.69 Å². The van der Waals surface area contributed by atoms with Crippen molar-refractivity contribution in [2.45, 2.75) is 25.5 Å². The summed E-state index contributed by atoms with van der Waals surface area (Å²) in [7, 11) is 1.72. The normalized spacial score (nSPS) is 18.2. The van der Waals surface area contributed by atoms with Gasteiger partial charge in [0.2, 0.25) is 5.91 Å². The lowest BCUT2D eigenvalue weighted by molar-refractivity contribution is -0.122. The van der Waals surface area contributed by atoms with Gasteiger partial charge in [0.25, 0.3) is 0 Å². The summed E-state index contributed by atoms with van der Waals surface area (Å²) < 4.78 is 31.7. The van der Waals surface area contributed by atoms with E-state index in [1.54, 1.807) is 11.9 Å². The van der Waals surface area contributed by atoms with Crippen LogP contribution in [0.2, 0.25) is 0 Å². The topological polar surface area (TPSA) is 41.6 Å². The largest absolute Gasteiger partial charge is 0.376 e. The summed E-state index contributed by atoms with van der Waals surface area (Å²) in [5, 5.41) is 2.81. The van der Waals surface area contributed by atoms with Crippen molar-refractivity contribution in [2.24, 2.45) is 0 Å². The van der Waals surface area contributed by atoms with E-state index in [0.29, 0.717) is 12.1 Å². The Balaban J connectivity index is 1.75. The zero-order chi connectivity index (χ0) is 15.2. The molecular formula is C15H20F2N2O2. The van der Waals surface area contributed by atoms with Gasteiger partial charge in [-0.25, -0.2) is 8.78 Å². The minimum atomic E-state index is -0.604. The highest BCUT2D eigenvalue weighted by Gasteiger charge is 2.17. The molecule has 1 atom stereocenters. The number of ether oxygens (including phenoxy) is 1. The van der Waals surface area contributed by atoms with Gasteiger partial charge in [-0.1, -0.05) is 6.07 Å². The molecule has 0 aliphatic carbocycles. The third kappa shape index (κ3) is 5.06. The Kier molecular flexibility index (Phi) is 5.64. The number of amides is 1. The fourth-order valence-electron chi connectivity index (χ4n) is 2.33. The molecule has 1 aromatic rings. The second kappa shape index (κ2) is 7.47. The second-order valence-corrected chi connectivity index (χ2v) is 5.35. The summed E-state index contributed by atoms with van der Waals surface area (Å²) in [6.45, 7) is 1.67. The number of likely N-dealkylation sites (N-methyl/N-ethyl adjacent to an activating group) is 1. The Morgan fingerprint density at radius 3 is 2.95 bits per heavy atom. The van der Waals surface area contributed by atoms with Crippen molar-refractivity contribution in [3.63, 3.8) is 0 Å². The highest BCUT2D eigenvalue weighted by molar-refractivity contribution is 5.78. The van der Waals surface area contributed by atoms with Crippen LogP contribution in [-0.4, -0.2) is 43.7 Å². The van der Waals surface area contributed by atoms with Gasteiger partial charge < -0.3 is 10.1 Å². The van der Waals surface area contributed by atoms with Crippen LogP contribution in [0.5, 0.6) is 0 Å². The highest BCUT2D eigenvalue weighted by atomic mass is 19.1. The molecule has 1 aliphatic heterocycles. The van der Waals surface area contributed by atoms with E-state index in [9.17, 15) is 13.6 Å². The van der Waals surface area contributed by atoms with Gasteiger partial charge >= 0.3 is 0 Å². The first kappa shape index (κ1) is 15.9. The lowest BCUT2D eigenvalue weighted by atomic mass is 10.2. The van der Waals surface area contributed by atoms with Crippen LogP contribution in [0.4, 0.5) is 8.78 Å². The molecule has 0 saturated carbocycles. The molecule has 0 spiro atoms. The molecule has 1 saturated heterocycles. The van der Waals surface area contributed by atoms with Gasteiger partial charge in [0.1, 0.15) is 11.6 Å². The average Bonchev–Trinajstić information content (AvgIpc) is 2.93. The minimum Gasteiger partial charge on any atom is -0.376 e. The van der Waals surface area contributed by atoms with Gasteiger partial charge in [0, 0.05) is 31.3 Å². The van der Waals surface area contributed by atoms with Crippen molar-refractivity contribution in [3.8, 4) is 0 Å². The molecule has 1 aromatic carbocycles. The van der Waals surface area contributed by atoms with E-state index in [1.165, 1.54) is 12.1 Å². The van der Waals surface area contributed by atoms with Gasteiger partial charge in [-0.05, 0) is 26.0 Å². The van der Waals surface area contributed by atoms with Crippen molar-refractivity contribution in [2.75, 3.05) is 26.7 Å². The number of carbonyl (C=O) groups excluding carboxylic acids is 1. The molecule has 4 nitrogen and oxygen atoms in total. The van der Waals surface area contributed by atoms with Crippen LogP contribution in [0.25, 0.3) is 0 Å². The smallest absolute Gasteiger partial charge is 0.234 e. The standard InChI is InChI=1S/C15H20F2N2O2/c1-19(9-11-4-5-12(16)7-14(11)17)10-15(20)18-8-13-3-2-6-21-13/h4-5,7,13H,2-3,6,8-10H2,1H3,(H,18,20). The minimum absolute atomic E-state index is 0.105. The van der Waals surface area contributed by atoms with E-state index >= 15 is 0 Å². The Morgan fingerprint density at radius 2 is 2.29 bits per heavy atom. The van der Waals surface area contributed by atoms with Crippen LogP contribution in [-0.2, 0) is 16.1 Å². The summed E-state index contributed by atoms with van der Waals surface area (Å²) in [5.74, 6) is -1.33. The van der Waals surface area contributed by atoms with E-state index in [0.717, 1.165) is 25.5 Å². The molecule has 2 rings (SSSR count). The number of rotatable bonds is 6. The number of nitrogens with one attached hydrogen (secondary N) is 1. The number of nitrogens with zero attached hydrogens (tertiary/aromatic N) is 1. The van der Waals surface area contributed by atoms with Crippen LogP contribution in [0, 0.1) is 11.6 Å². The van der Waals surface area contributed by atoms with E-state index in [1.807, 2.05) is 0 Å². The van der Waals surface area contributed by atoms with Gasteiger partial charge in [0.15, 0.2) is 0 Å². The van der Waals surface area contributed by atoms with Crippen LogP contribution < -0.4 is 5.32 Å². The molecular weight excluding hydrogens is 278 g/mol. The lowest BCUT2D eigenvalue weighted by Crippen LogP contribution is -2.38. The molecule has 21 heavy (non-hydrogen) atoms. The fourth-order valence-corrected chi connectivity index (χ4v) is 2.33. The summed E-state index contributed by atoms with van der Waals surface area (Å²) in [4.78, 5) is 13.5. The maximum absolute atomic E-state index is 13.5. The maximum atomic E-state index is 13.5. The third-order valence-corrected chi connectivity index (χ3v) is 3.42. The summed E-state index contributed by atoms with van der Waals surface area (Å²) >= 11 is 0. The average molecular weight is 298 g/mol. The van der Waals surface area contributed by atoms with Gasteiger partial charge in [-0.15, -0.1) is 0 Å². The molecule has 1 fully saturated rings. The van der Waals surface area contributed by atoms with Crippen molar-refractivity contribution >= 4 is 5.91 Å². The van der Waals surface area contributed by atoms with Gasteiger partial charge in [0.05, 0.1) is 12.6 Å². The van der Waals surface area contributed by atoms with E-state index < -0.39 is 11.6 Å². The predicted octanol–water partition coefficient (Wildman–Crippen LogP) is 1.69. The number of benzene rings is 1. The van der Waals surface area contributed by atoms with Crippen LogP contribution in [0.15, 0.2) is 18.2 Å². The van der Waals surface area contributed by atoms with E-state index in [4.69, 9.17) is 4.74 Å². The Hall–Kier alpha value is -1.53. The second-order valence-electron chi connectivity index (χ2n) is 5.35. The molecule has 1 aliphatic rings. The Morgan fingerprint density at radius 1 is 1.48 bits per heavy atom. The SMILES string of the molecule is CN(CC(=O)NCC1CCCO1)Cc1ccc(F)cc1F. The molecule has 1 N–H and O–H groups in total. The molecule has 0 bridgehead atoms. The molecule has 116 valence electrons. The lowest BCUT2D eigenvalue weighted by Gasteiger charge is -2.17. The molecule has 0 radical (unpaired) electrons. The highest BCUT2D eigenvalue weighted by Crippen LogP contribution is 2.12. The molecule has 0 aromatic heterocycles. The first-order valence-corrected chi connectivity index (χ1v) is 7.05. The first-order chi connectivity index (χ1) is 10.0. The van der Waals surface area contributed by atoms with Crippen LogP contribution >= 0.6 is 0 Å². The van der Waals surface area contributed by atoms with Crippen LogP contribution in [0.1, 0.15) is 18.4 Å². The van der Waals surface area contributed by atoms with E-state index in [2.05, 4.69) is 5.32 Å². The van der Waals surface area contributed by atoms with E-state index in [-0.39, 0.29) is 25.1 Å². The van der Waals surface area contributed by atoms with Gasteiger partial charge in [-0.2, -0.15) is 0 Å². The first-order valence-electron chi connectivity index (χ1n) is 7.05. The molecule has 6 heteroatoms. The van der Waals surface area contributed by atoms with Crippen molar-refractivity contribution in [1.82, 2.24) is 10.2 Å². The Bertz CT molecular complexity index is 491. The number of hydrogen-bond donors (Lipinski definition) is 1. The molecule has 1 amide bonds. The van der Waals surface area contributed by atoms with Crippen molar-refractivity contribution in [1.29, 1.82) is 0 Å². The molecule has 1 unspecified atom stereocenters. The number of halogens is 2. The predicted molar refractivity (Wildman–Crippen MR) is 74.7 cm³/mol. The van der Waals surface area contributed by atoms with Crippen molar-refractivity contribution < 1.29 is 18.3 Å². The zero-order valence-corrected chi connectivity index (χ0v) is 12.1. The quantitative estimate of drug-likeness (QED) is 0.869. The Labute approximate surface area is 123 Å². The number of carbonyl (C=O) groups is 1. The number of hydrogen-bond acceptors (Lipinski definition) is 3. The summed E-state index contributed by atoms with van der Waals surface area (Å²) in [5.41, 5.74) is 0.367.